The molecule has 5 rings (SSSR count). The van der Waals surface area contributed by atoms with E-state index in [2.05, 4.69) is 15.1 Å². The van der Waals surface area contributed by atoms with E-state index in [0.29, 0.717) is 12.0 Å². The number of hydrogen-bond acceptors (Lipinski definition) is 10. The van der Waals surface area contributed by atoms with Crippen LogP contribution in [0, 0.1) is 5.41 Å². The van der Waals surface area contributed by atoms with Crippen LogP contribution in [0.1, 0.15) is 37.6 Å². The van der Waals surface area contributed by atoms with Gasteiger partial charge in [0.2, 0.25) is 5.91 Å². The molecule has 1 aromatic carbocycles. The van der Waals surface area contributed by atoms with Crippen molar-refractivity contribution in [3.05, 3.63) is 35.2 Å². The van der Waals surface area contributed by atoms with Crippen LogP contribution < -0.4 is 10.2 Å². The molecule has 12 heteroatoms. The molecule has 0 aliphatic carbocycles. The van der Waals surface area contributed by atoms with Crippen LogP contribution in [0.2, 0.25) is 0 Å². The largest absolute Gasteiger partial charge is 0.383 e. The maximum absolute atomic E-state index is 13.8. The van der Waals surface area contributed by atoms with Crippen molar-refractivity contribution < 1.29 is 28.6 Å². The second-order valence-electron chi connectivity index (χ2n) is 12.7. The average molecular weight is 614 g/mol. The lowest BCUT2D eigenvalue weighted by atomic mass is 9.87. The maximum atomic E-state index is 13.8. The second kappa shape index (κ2) is 13.4. The highest BCUT2D eigenvalue weighted by Crippen LogP contribution is 2.32. The molecule has 43 heavy (non-hydrogen) atoms. The van der Waals surface area contributed by atoms with Crippen LogP contribution in [-0.2, 0) is 23.8 Å². The van der Waals surface area contributed by atoms with Gasteiger partial charge in [-0.25, -0.2) is 4.98 Å². The topological polar surface area (TPSA) is 114 Å². The Morgan fingerprint density at radius 3 is 2.51 bits per heavy atom. The smallest absolute Gasteiger partial charge is 0.251 e. The lowest BCUT2D eigenvalue weighted by Gasteiger charge is -2.34. The van der Waals surface area contributed by atoms with E-state index in [-0.39, 0.29) is 42.3 Å². The van der Waals surface area contributed by atoms with Crippen molar-refractivity contribution >= 4 is 34.1 Å². The first kappa shape index (κ1) is 31.5. The third-order valence-electron chi connectivity index (χ3n) is 8.33. The highest BCUT2D eigenvalue weighted by Gasteiger charge is 2.53. The summed E-state index contributed by atoms with van der Waals surface area (Å²) in [4.78, 5) is 50.9. The standard InChI is InChI=1S/C31H43N5O6S/c1-31(2,3)16-22(29(39)36-17-25(41-5)27-26(36)24(37)18-42-27)32-28(38)21-8-6-20(7-9-21)23-19-43-30(33-23)35-12-10-34(11-13-35)14-15-40-4/h6-9,19,22,25-27H,10-18H2,1-5H3,(H,32,38)/t22?,25-,26-,27-/m1/s1. The fraction of sp³-hybridized carbons (Fsp3) is 0.613. The summed E-state index contributed by atoms with van der Waals surface area (Å²) in [6.07, 6.45) is -0.439. The van der Waals surface area contributed by atoms with E-state index in [9.17, 15) is 14.4 Å². The van der Waals surface area contributed by atoms with Gasteiger partial charge in [-0.2, -0.15) is 0 Å². The van der Waals surface area contributed by atoms with E-state index >= 15 is 0 Å². The zero-order valence-corrected chi connectivity index (χ0v) is 26.5. The zero-order chi connectivity index (χ0) is 30.7. The highest BCUT2D eigenvalue weighted by molar-refractivity contribution is 7.14. The molecular weight excluding hydrogens is 570 g/mol. The fourth-order valence-corrected chi connectivity index (χ4v) is 6.91. The Hall–Kier alpha value is -2.90. The SMILES string of the molecule is COCCN1CCN(c2nc(-c3ccc(C(=O)NC(CC(C)(C)C)C(=O)N4C[C@@H](OC)[C@H]5OCC(=O)[C@H]54)cc3)cs2)CC1. The van der Waals surface area contributed by atoms with Gasteiger partial charge in [-0.05, 0) is 24.0 Å². The number of amides is 2. The normalized spacial score (nSPS) is 23.5. The van der Waals surface area contributed by atoms with Gasteiger partial charge in [-0.3, -0.25) is 19.3 Å². The number of anilines is 1. The number of aromatic nitrogens is 1. The van der Waals surface area contributed by atoms with Crippen molar-refractivity contribution in [3.8, 4) is 11.3 Å². The Balaban J connectivity index is 1.24. The van der Waals surface area contributed by atoms with Crippen LogP contribution in [0.25, 0.3) is 11.3 Å². The molecule has 2 aromatic rings. The number of benzene rings is 1. The van der Waals surface area contributed by atoms with E-state index in [0.717, 1.165) is 55.7 Å². The molecular formula is C31H43N5O6S. The molecule has 1 unspecified atom stereocenters. The first-order chi connectivity index (χ1) is 20.6. The molecule has 0 spiro atoms. The number of rotatable bonds is 10. The summed E-state index contributed by atoms with van der Waals surface area (Å²) < 4.78 is 16.3. The fourth-order valence-electron chi connectivity index (χ4n) is 6.02. The predicted octanol–water partition coefficient (Wildman–Crippen LogP) is 2.31. The van der Waals surface area contributed by atoms with Gasteiger partial charge >= 0.3 is 0 Å². The molecule has 234 valence electrons. The molecule has 0 saturated carbocycles. The maximum Gasteiger partial charge on any atom is 0.251 e. The van der Waals surface area contributed by atoms with Crippen molar-refractivity contribution in [2.45, 2.75) is 51.5 Å². The summed E-state index contributed by atoms with van der Waals surface area (Å²) in [7, 11) is 3.28. The van der Waals surface area contributed by atoms with Crippen molar-refractivity contribution in [3.63, 3.8) is 0 Å². The molecule has 3 fully saturated rings. The van der Waals surface area contributed by atoms with Gasteiger partial charge < -0.3 is 29.3 Å². The van der Waals surface area contributed by atoms with Gasteiger partial charge in [0.25, 0.3) is 5.91 Å². The highest BCUT2D eigenvalue weighted by atomic mass is 32.1. The Labute approximate surface area is 257 Å². The molecule has 1 aromatic heterocycles. The summed E-state index contributed by atoms with van der Waals surface area (Å²) in [5, 5.41) is 6.01. The van der Waals surface area contributed by atoms with Crippen molar-refractivity contribution in [2.24, 2.45) is 5.41 Å². The first-order valence-corrected chi connectivity index (χ1v) is 15.8. The van der Waals surface area contributed by atoms with Crippen molar-refractivity contribution in [1.82, 2.24) is 20.1 Å². The summed E-state index contributed by atoms with van der Waals surface area (Å²) in [5.41, 5.74) is 2.00. The number of ketones is 1. The predicted molar refractivity (Wildman–Crippen MR) is 164 cm³/mol. The molecule has 11 nitrogen and oxygen atoms in total. The quantitative estimate of drug-likeness (QED) is 0.431. The lowest BCUT2D eigenvalue weighted by Crippen LogP contribution is -2.53. The van der Waals surface area contributed by atoms with Gasteiger partial charge in [-0.15, -0.1) is 11.3 Å². The van der Waals surface area contributed by atoms with Crippen LogP contribution in [0.15, 0.2) is 29.6 Å². The van der Waals surface area contributed by atoms with E-state index in [4.69, 9.17) is 19.2 Å². The van der Waals surface area contributed by atoms with Crippen LogP contribution >= 0.6 is 11.3 Å². The van der Waals surface area contributed by atoms with Gasteiger partial charge in [0.15, 0.2) is 10.9 Å². The number of likely N-dealkylation sites (tertiary alicyclic amines) is 1. The number of nitrogens with one attached hydrogen (secondary N) is 1. The number of fused-ring (bicyclic) bond motifs is 1. The Kier molecular flexibility index (Phi) is 9.82. The van der Waals surface area contributed by atoms with E-state index in [1.54, 1.807) is 37.7 Å². The van der Waals surface area contributed by atoms with Crippen LogP contribution in [0.3, 0.4) is 0 Å². The van der Waals surface area contributed by atoms with Crippen LogP contribution in [0.5, 0.6) is 0 Å². The van der Waals surface area contributed by atoms with Gasteiger partial charge in [0.05, 0.1) is 18.8 Å². The summed E-state index contributed by atoms with van der Waals surface area (Å²) in [6, 6.07) is 5.82. The van der Waals surface area contributed by atoms with Crippen molar-refractivity contribution in [2.75, 3.05) is 71.6 Å². The Morgan fingerprint density at radius 1 is 1.14 bits per heavy atom. The molecule has 3 aliphatic rings. The summed E-state index contributed by atoms with van der Waals surface area (Å²) in [5.74, 6) is -0.765. The monoisotopic (exact) mass is 613 g/mol. The summed E-state index contributed by atoms with van der Waals surface area (Å²) >= 11 is 1.63. The number of ether oxygens (including phenoxy) is 3. The lowest BCUT2D eigenvalue weighted by molar-refractivity contribution is -0.138. The number of thiazole rings is 1. The number of nitrogens with zero attached hydrogens (tertiary/aromatic N) is 4. The third-order valence-corrected chi connectivity index (χ3v) is 9.23. The minimum atomic E-state index is -0.798. The molecule has 3 saturated heterocycles. The molecule has 0 radical (unpaired) electrons. The zero-order valence-electron chi connectivity index (χ0n) is 25.7. The number of piperazine rings is 1. The van der Waals surface area contributed by atoms with Gasteiger partial charge in [0, 0.05) is 63.5 Å². The molecule has 4 heterocycles. The molecule has 2 amide bonds. The number of hydrogen-bond donors (Lipinski definition) is 1. The first-order valence-electron chi connectivity index (χ1n) is 14.9. The minimum Gasteiger partial charge on any atom is -0.383 e. The summed E-state index contributed by atoms with van der Waals surface area (Å²) in [6.45, 7) is 11.8. The van der Waals surface area contributed by atoms with Gasteiger partial charge in [-0.1, -0.05) is 32.9 Å². The van der Waals surface area contributed by atoms with Crippen LogP contribution in [-0.4, -0.2) is 123 Å². The number of Topliss-reactive ketones (excluding diaryl/α,β-unsaturated/α-hetero) is 1. The average Bonchev–Trinajstić information content (AvgIpc) is 3.72. The molecule has 4 atom stereocenters. The third kappa shape index (κ3) is 7.26. The second-order valence-corrected chi connectivity index (χ2v) is 13.5. The van der Waals surface area contributed by atoms with E-state index < -0.39 is 18.2 Å². The Bertz CT molecular complexity index is 1290. The number of methoxy groups -OCH3 is 2. The van der Waals surface area contributed by atoms with E-state index in [1.165, 1.54) is 4.90 Å². The minimum absolute atomic E-state index is 0.0341. The molecule has 3 aliphatic heterocycles. The van der Waals surface area contributed by atoms with E-state index in [1.807, 2.05) is 38.3 Å². The Morgan fingerprint density at radius 2 is 1.86 bits per heavy atom. The number of carbonyl (C=O) groups is 3. The van der Waals surface area contributed by atoms with Crippen molar-refractivity contribution in [1.29, 1.82) is 0 Å². The molecule has 1 N–H and O–H groups in total. The molecule has 0 bridgehead atoms. The van der Waals surface area contributed by atoms with Crippen LogP contribution in [0.4, 0.5) is 5.13 Å². The number of carbonyl (C=O) groups excluding carboxylic acids is 3. The van der Waals surface area contributed by atoms with Gasteiger partial charge in [0.1, 0.15) is 30.9 Å².